The molecule has 2 aromatic carbocycles. The Bertz CT molecular complexity index is 1250. The van der Waals surface area contributed by atoms with E-state index >= 15 is 0 Å². The molecule has 1 fully saturated rings. The molecule has 0 radical (unpaired) electrons. The number of nitrogens with zero attached hydrogens (tertiary/aromatic N) is 1. The van der Waals surface area contributed by atoms with Crippen LogP contribution in [0.25, 0.3) is 11.1 Å². The molecule has 2 aliphatic carbocycles. The van der Waals surface area contributed by atoms with Crippen molar-refractivity contribution in [2.45, 2.75) is 25.7 Å². The number of aryl methyl sites for hydroxylation is 1. The van der Waals surface area contributed by atoms with Crippen LogP contribution in [-0.2, 0) is 9.53 Å². The Morgan fingerprint density at radius 3 is 2.29 bits per heavy atom. The van der Waals surface area contributed by atoms with E-state index in [0.717, 1.165) is 33.6 Å². The van der Waals surface area contributed by atoms with Crippen molar-refractivity contribution in [1.29, 1.82) is 0 Å². The minimum atomic E-state index is -0.897. The summed E-state index contributed by atoms with van der Waals surface area (Å²) in [7, 11) is 0. The number of aromatic nitrogens is 1. The number of fused-ring (bicyclic) bond motifs is 3. The van der Waals surface area contributed by atoms with Crippen LogP contribution < -0.4 is 10.6 Å². The van der Waals surface area contributed by atoms with Crippen molar-refractivity contribution < 1.29 is 24.2 Å². The zero-order chi connectivity index (χ0) is 23.9. The molecule has 1 aromatic heterocycles. The van der Waals surface area contributed by atoms with Crippen LogP contribution in [0.2, 0.25) is 0 Å². The third-order valence-corrected chi connectivity index (χ3v) is 7.52. The first-order valence-corrected chi connectivity index (χ1v) is 11.8. The summed E-state index contributed by atoms with van der Waals surface area (Å²) in [6.07, 6.45) is 0.461. The van der Waals surface area contributed by atoms with Crippen LogP contribution in [0, 0.1) is 12.3 Å². The summed E-state index contributed by atoms with van der Waals surface area (Å²) in [4.78, 5) is 40.9. The summed E-state index contributed by atoms with van der Waals surface area (Å²) in [5.74, 6) is -1.35. The van der Waals surface area contributed by atoms with Crippen LogP contribution in [0.15, 0.2) is 48.5 Å². The van der Waals surface area contributed by atoms with Gasteiger partial charge in [-0.1, -0.05) is 59.9 Å². The minimum absolute atomic E-state index is 0.0542. The van der Waals surface area contributed by atoms with E-state index in [4.69, 9.17) is 4.74 Å². The van der Waals surface area contributed by atoms with E-state index in [1.54, 1.807) is 6.92 Å². The van der Waals surface area contributed by atoms with Crippen molar-refractivity contribution in [3.05, 3.63) is 70.2 Å². The number of hydrogen-bond acceptors (Lipinski definition) is 6. The van der Waals surface area contributed by atoms with Gasteiger partial charge < -0.3 is 15.2 Å². The van der Waals surface area contributed by atoms with Gasteiger partial charge in [-0.2, -0.15) is 0 Å². The molecule has 3 N–H and O–H groups in total. The smallest absolute Gasteiger partial charge is 0.413 e. The molecule has 1 heterocycles. The van der Waals surface area contributed by atoms with Crippen molar-refractivity contribution in [2.24, 2.45) is 5.41 Å². The van der Waals surface area contributed by atoms with E-state index in [0.29, 0.717) is 23.4 Å². The molecule has 0 unspecified atom stereocenters. The van der Waals surface area contributed by atoms with E-state index in [9.17, 15) is 19.5 Å². The van der Waals surface area contributed by atoms with Gasteiger partial charge in [-0.05, 0) is 42.0 Å². The summed E-state index contributed by atoms with van der Waals surface area (Å²) in [6, 6.07) is 16.2. The fraction of sp³-hybridized carbons (Fsp3) is 0.280. The van der Waals surface area contributed by atoms with E-state index < -0.39 is 23.4 Å². The number of ether oxygens (including phenoxy) is 1. The van der Waals surface area contributed by atoms with Crippen LogP contribution in [0.4, 0.5) is 9.93 Å². The average molecular weight is 478 g/mol. The molecular formula is C25H23N3O5S. The molecule has 8 nitrogen and oxygen atoms in total. The summed E-state index contributed by atoms with van der Waals surface area (Å²) in [5, 5.41) is 14.8. The molecule has 0 spiro atoms. The Labute approximate surface area is 200 Å². The number of hydrogen-bond donors (Lipinski definition) is 3. The Hall–Kier alpha value is -3.72. The number of rotatable bonds is 7. The SMILES string of the molecule is Cc1nc(NC(=O)OCC2c3ccccc3-c3ccccc32)sc1C(=O)NCC1(C(=O)O)CC1. The molecular weight excluding hydrogens is 454 g/mol. The molecule has 9 heteroatoms. The van der Waals surface area contributed by atoms with Gasteiger partial charge in [-0.25, -0.2) is 9.78 Å². The second-order valence-corrected chi connectivity index (χ2v) is 9.65. The summed E-state index contributed by atoms with van der Waals surface area (Å²) in [6.45, 7) is 1.92. The number of nitrogens with one attached hydrogen (secondary N) is 2. The second-order valence-electron chi connectivity index (χ2n) is 8.65. The lowest BCUT2D eigenvalue weighted by Crippen LogP contribution is -2.34. The van der Waals surface area contributed by atoms with Crippen molar-refractivity contribution in [3.63, 3.8) is 0 Å². The molecule has 174 valence electrons. The Balaban J connectivity index is 1.21. The highest BCUT2D eigenvalue weighted by molar-refractivity contribution is 7.17. The molecule has 34 heavy (non-hydrogen) atoms. The van der Waals surface area contributed by atoms with Crippen LogP contribution in [0.1, 0.15) is 45.3 Å². The van der Waals surface area contributed by atoms with Gasteiger partial charge in [0.1, 0.15) is 11.5 Å². The summed E-state index contributed by atoms with van der Waals surface area (Å²) in [5.41, 5.74) is 4.14. The van der Waals surface area contributed by atoms with Crippen molar-refractivity contribution in [2.75, 3.05) is 18.5 Å². The second kappa shape index (κ2) is 8.57. The Morgan fingerprint density at radius 1 is 1.09 bits per heavy atom. The van der Waals surface area contributed by atoms with Crippen LogP contribution in [0.3, 0.4) is 0 Å². The van der Waals surface area contributed by atoms with E-state index in [-0.39, 0.29) is 24.2 Å². The number of carboxylic acid groups (broad SMARTS) is 1. The minimum Gasteiger partial charge on any atom is -0.481 e. The van der Waals surface area contributed by atoms with Crippen molar-refractivity contribution in [1.82, 2.24) is 10.3 Å². The largest absolute Gasteiger partial charge is 0.481 e. The van der Waals surface area contributed by atoms with Gasteiger partial charge in [-0.3, -0.25) is 14.9 Å². The van der Waals surface area contributed by atoms with Crippen LogP contribution in [-0.4, -0.2) is 41.2 Å². The monoisotopic (exact) mass is 477 g/mol. The molecule has 0 saturated heterocycles. The van der Waals surface area contributed by atoms with Gasteiger partial charge in [0.15, 0.2) is 5.13 Å². The number of amides is 2. The number of thiazole rings is 1. The van der Waals surface area contributed by atoms with E-state index in [1.165, 1.54) is 0 Å². The maximum Gasteiger partial charge on any atom is 0.413 e. The van der Waals surface area contributed by atoms with E-state index in [1.807, 2.05) is 36.4 Å². The molecule has 2 aliphatic rings. The highest BCUT2D eigenvalue weighted by Gasteiger charge is 2.50. The predicted molar refractivity (Wildman–Crippen MR) is 127 cm³/mol. The van der Waals surface area contributed by atoms with Crippen molar-refractivity contribution >= 4 is 34.4 Å². The first-order chi connectivity index (χ1) is 16.4. The summed E-state index contributed by atoms with van der Waals surface area (Å²) >= 11 is 1.03. The molecule has 0 atom stereocenters. The highest BCUT2D eigenvalue weighted by Crippen LogP contribution is 2.45. The maximum atomic E-state index is 12.5. The van der Waals surface area contributed by atoms with Gasteiger partial charge in [-0.15, -0.1) is 0 Å². The fourth-order valence-corrected chi connectivity index (χ4v) is 5.20. The third kappa shape index (κ3) is 4.03. The molecule has 1 saturated carbocycles. The molecule has 3 aromatic rings. The maximum absolute atomic E-state index is 12.5. The lowest BCUT2D eigenvalue weighted by atomic mass is 9.98. The quantitative estimate of drug-likeness (QED) is 0.464. The zero-order valence-electron chi connectivity index (χ0n) is 18.5. The predicted octanol–water partition coefficient (Wildman–Crippen LogP) is 4.41. The van der Waals surface area contributed by atoms with Crippen LogP contribution in [0.5, 0.6) is 0 Å². The Morgan fingerprint density at radius 2 is 1.71 bits per heavy atom. The lowest BCUT2D eigenvalue weighted by molar-refractivity contribution is -0.143. The number of benzene rings is 2. The number of carbonyl (C=O) groups excluding carboxylic acids is 2. The van der Waals surface area contributed by atoms with E-state index in [2.05, 4.69) is 27.8 Å². The topological polar surface area (TPSA) is 118 Å². The molecule has 0 bridgehead atoms. The number of carbonyl (C=O) groups is 3. The first-order valence-electron chi connectivity index (χ1n) is 11.0. The fourth-order valence-electron chi connectivity index (χ4n) is 4.33. The number of anilines is 1. The third-order valence-electron chi connectivity index (χ3n) is 6.45. The van der Waals surface area contributed by atoms with Gasteiger partial charge in [0, 0.05) is 12.5 Å². The first kappa shape index (κ1) is 22.1. The summed E-state index contributed by atoms with van der Waals surface area (Å²) < 4.78 is 5.53. The highest BCUT2D eigenvalue weighted by atomic mass is 32.1. The average Bonchev–Trinajstić information content (AvgIpc) is 3.45. The van der Waals surface area contributed by atoms with Crippen molar-refractivity contribution in [3.8, 4) is 11.1 Å². The van der Waals surface area contributed by atoms with Gasteiger partial charge in [0.2, 0.25) is 0 Å². The number of carboxylic acids is 1. The Kier molecular flexibility index (Phi) is 5.57. The lowest BCUT2D eigenvalue weighted by Gasteiger charge is -2.14. The van der Waals surface area contributed by atoms with Gasteiger partial charge in [0.25, 0.3) is 5.91 Å². The normalized spacial score (nSPS) is 15.2. The number of aliphatic carboxylic acids is 1. The van der Waals surface area contributed by atoms with Gasteiger partial charge in [0.05, 0.1) is 11.1 Å². The molecule has 2 amide bonds. The molecule has 5 rings (SSSR count). The molecule has 0 aliphatic heterocycles. The zero-order valence-corrected chi connectivity index (χ0v) is 19.3. The van der Waals surface area contributed by atoms with Crippen LogP contribution >= 0.6 is 11.3 Å². The standard InChI is InChI=1S/C25H23N3O5S/c1-14-20(21(29)26-13-25(10-11-25)22(30)31)34-23(27-14)28-24(32)33-12-19-17-8-4-2-6-15(17)16-7-3-5-9-18(16)19/h2-9,19H,10-13H2,1H3,(H,26,29)(H,30,31)(H,27,28,32). The van der Waals surface area contributed by atoms with Gasteiger partial charge >= 0.3 is 12.1 Å².